The van der Waals surface area contributed by atoms with E-state index in [0.717, 1.165) is 24.0 Å². The number of hydrogen-bond acceptors (Lipinski definition) is 5. The number of halogens is 1. The number of amides is 1. The van der Waals surface area contributed by atoms with Gasteiger partial charge in [0.2, 0.25) is 10.0 Å². The molecule has 1 aliphatic heterocycles. The molecule has 2 aromatic carbocycles. The van der Waals surface area contributed by atoms with Crippen molar-refractivity contribution in [2.24, 2.45) is 5.92 Å². The second kappa shape index (κ2) is 9.44. The van der Waals surface area contributed by atoms with Crippen molar-refractivity contribution in [1.29, 1.82) is 0 Å². The maximum absolute atomic E-state index is 13.0. The van der Waals surface area contributed by atoms with Gasteiger partial charge in [0.15, 0.2) is 11.5 Å². The van der Waals surface area contributed by atoms with E-state index in [1.54, 1.807) is 53.4 Å². The Kier molecular flexibility index (Phi) is 6.64. The fraction of sp³-hybridized carbons (Fsp3) is 0.304. The van der Waals surface area contributed by atoms with Crippen molar-refractivity contribution in [3.63, 3.8) is 0 Å². The SMILES string of the molecule is Cc1ccc(S(=O)(=O)NCC2CCCN(C(=O)c3cc(-c4cccc(Cl)c4)on3)C2)cc1. The lowest BCUT2D eigenvalue weighted by molar-refractivity contribution is 0.0666. The average Bonchev–Trinajstić information content (AvgIpc) is 3.28. The first-order valence-electron chi connectivity index (χ1n) is 10.4. The van der Waals surface area contributed by atoms with E-state index in [2.05, 4.69) is 9.88 Å². The van der Waals surface area contributed by atoms with Crippen molar-refractivity contribution >= 4 is 27.5 Å². The van der Waals surface area contributed by atoms with Gasteiger partial charge in [-0.2, -0.15) is 0 Å². The molecular weight excluding hydrogens is 450 g/mol. The summed E-state index contributed by atoms with van der Waals surface area (Å²) in [7, 11) is -3.59. The van der Waals surface area contributed by atoms with Gasteiger partial charge in [0.25, 0.3) is 5.91 Å². The Labute approximate surface area is 192 Å². The summed E-state index contributed by atoms with van der Waals surface area (Å²) in [6.45, 7) is 3.23. The number of carbonyl (C=O) groups is 1. The molecule has 1 amide bonds. The molecule has 0 bridgehead atoms. The summed E-state index contributed by atoms with van der Waals surface area (Å²) in [4.78, 5) is 14.9. The molecule has 0 aliphatic carbocycles. The predicted octanol–water partition coefficient (Wildman–Crippen LogP) is 4.13. The van der Waals surface area contributed by atoms with E-state index >= 15 is 0 Å². The molecule has 1 N–H and O–H groups in total. The Morgan fingerprint density at radius 3 is 2.75 bits per heavy atom. The molecule has 0 saturated carbocycles. The van der Waals surface area contributed by atoms with Crippen molar-refractivity contribution in [2.45, 2.75) is 24.7 Å². The summed E-state index contributed by atoms with van der Waals surface area (Å²) < 4.78 is 33.2. The van der Waals surface area contributed by atoms with Gasteiger partial charge in [-0.05, 0) is 49.9 Å². The quantitative estimate of drug-likeness (QED) is 0.581. The minimum Gasteiger partial charge on any atom is -0.355 e. The van der Waals surface area contributed by atoms with E-state index in [1.807, 2.05) is 13.0 Å². The lowest BCUT2D eigenvalue weighted by Gasteiger charge is -2.32. The highest BCUT2D eigenvalue weighted by molar-refractivity contribution is 7.89. The summed E-state index contributed by atoms with van der Waals surface area (Å²) in [6, 6.07) is 15.5. The number of rotatable bonds is 6. The highest BCUT2D eigenvalue weighted by Crippen LogP contribution is 2.25. The first-order chi connectivity index (χ1) is 15.3. The van der Waals surface area contributed by atoms with Crippen LogP contribution >= 0.6 is 11.6 Å². The topological polar surface area (TPSA) is 92.5 Å². The number of piperidine rings is 1. The van der Waals surface area contributed by atoms with Crippen molar-refractivity contribution < 1.29 is 17.7 Å². The third-order valence-corrected chi connectivity index (χ3v) is 7.21. The molecule has 0 radical (unpaired) electrons. The fourth-order valence-electron chi connectivity index (χ4n) is 3.76. The zero-order valence-electron chi connectivity index (χ0n) is 17.6. The summed E-state index contributed by atoms with van der Waals surface area (Å²) in [5.74, 6) is 0.260. The van der Waals surface area contributed by atoms with Crippen molar-refractivity contribution in [2.75, 3.05) is 19.6 Å². The van der Waals surface area contributed by atoms with E-state index in [9.17, 15) is 13.2 Å². The van der Waals surface area contributed by atoms with E-state index < -0.39 is 10.0 Å². The van der Waals surface area contributed by atoms with Gasteiger partial charge >= 0.3 is 0 Å². The van der Waals surface area contributed by atoms with Crippen LogP contribution < -0.4 is 4.72 Å². The second-order valence-electron chi connectivity index (χ2n) is 8.01. The zero-order chi connectivity index (χ0) is 22.7. The molecule has 9 heteroatoms. The molecule has 1 unspecified atom stereocenters. The van der Waals surface area contributed by atoms with Gasteiger partial charge in [-0.1, -0.05) is 46.6 Å². The summed E-state index contributed by atoms with van der Waals surface area (Å²) >= 11 is 6.02. The van der Waals surface area contributed by atoms with Gasteiger partial charge in [0.1, 0.15) is 0 Å². The third-order valence-electron chi connectivity index (χ3n) is 5.54. The normalized spacial score (nSPS) is 16.8. The van der Waals surface area contributed by atoms with Crippen LogP contribution in [0.1, 0.15) is 28.9 Å². The van der Waals surface area contributed by atoms with Crippen LogP contribution in [0.25, 0.3) is 11.3 Å². The summed E-state index contributed by atoms with van der Waals surface area (Å²) in [6.07, 6.45) is 1.63. The highest BCUT2D eigenvalue weighted by atomic mass is 35.5. The molecule has 168 valence electrons. The van der Waals surface area contributed by atoms with Crippen LogP contribution in [0.15, 0.2) is 64.0 Å². The lowest BCUT2D eigenvalue weighted by atomic mass is 9.98. The molecule has 4 rings (SSSR count). The molecule has 32 heavy (non-hydrogen) atoms. The van der Waals surface area contributed by atoms with Crippen LogP contribution in [0.5, 0.6) is 0 Å². The molecule has 2 heterocycles. The largest absolute Gasteiger partial charge is 0.355 e. The maximum Gasteiger partial charge on any atom is 0.276 e. The summed E-state index contributed by atoms with van der Waals surface area (Å²) in [5.41, 5.74) is 1.96. The predicted molar refractivity (Wildman–Crippen MR) is 122 cm³/mol. The number of benzene rings is 2. The molecular formula is C23H24ClN3O4S. The molecule has 7 nitrogen and oxygen atoms in total. The van der Waals surface area contributed by atoms with Crippen LogP contribution in [-0.4, -0.2) is 44.0 Å². The number of carbonyl (C=O) groups excluding carboxylic acids is 1. The van der Waals surface area contributed by atoms with Crippen molar-refractivity contribution in [1.82, 2.24) is 14.8 Å². The van der Waals surface area contributed by atoms with Crippen LogP contribution in [0.2, 0.25) is 5.02 Å². The van der Waals surface area contributed by atoms with Gasteiger partial charge < -0.3 is 9.42 Å². The first kappa shape index (κ1) is 22.5. The number of nitrogens with one attached hydrogen (secondary N) is 1. The molecule has 1 atom stereocenters. The van der Waals surface area contributed by atoms with E-state index in [1.165, 1.54) is 0 Å². The third kappa shape index (κ3) is 5.20. The molecule has 1 aromatic heterocycles. The highest BCUT2D eigenvalue weighted by Gasteiger charge is 2.28. The number of aromatic nitrogens is 1. The second-order valence-corrected chi connectivity index (χ2v) is 10.2. The van der Waals surface area contributed by atoms with Crippen LogP contribution in [0, 0.1) is 12.8 Å². The van der Waals surface area contributed by atoms with Crippen LogP contribution in [0.3, 0.4) is 0 Å². The van der Waals surface area contributed by atoms with Crippen LogP contribution in [-0.2, 0) is 10.0 Å². The van der Waals surface area contributed by atoms with Gasteiger partial charge in [-0.25, -0.2) is 13.1 Å². The Morgan fingerprint density at radius 1 is 1.22 bits per heavy atom. The minimum atomic E-state index is -3.59. The standard InChI is InChI=1S/C23H24ClN3O4S/c1-16-7-9-20(10-8-16)32(29,30)25-14-17-4-3-11-27(15-17)23(28)21-13-22(31-26-21)18-5-2-6-19(24)12-18/h2,5-10,12-13,17,25H,3-4,11,14-15H2,1H3. The average molecular weight is 474 g/mol. The Morgan fingerprint density at radius 2 is 2.00 bits per heavy atom. The van der Waals surface area contributed by atoms with Gasteiger partial charge in [0, 0.05) is 36.3 Å². The van der Waals surface area contributed by atoms with Crippen LogP contribution in [0.4, 0.5) is 0 Å². The summed E-state index contributed by atoms with van der Waals surface area (Å²) in [5, 5.41) is 4.50. The number of aryl methyl sites for hydroxylation is 1. The Balaban J connectivity index is 1.38. The number of likely N-dealkylation sites (tertiary alicyclic amines) is 1. The monoisotopic (exact) mass is 473 g/mol. The minimum absolute atomic E-state index is 0.0206. The smallest absolute Gasteiger partial charge is 0.276 e. The molecule has 1 fully saturated rings. The molecule has 1 saturated heterocycles. The van der Waals surface area contributed by atoms with E-state index in [-0.39, 0.29) is 29.0 Å². The molecule has 0 spiro atoms. The molecule has 1 aliphatic rings. The maximum atomic E-state index is 13.0. The molecule has 3 aromatic rings. The fourth-order valence-corrected chi connectivity index (χ4v) is 5.07. The lowest BCUT2D eigenvalue weighted by Crippen LogP contribution is -2.43. The van der Waals surface area contributed by atoms with E-state index in [0.29, 0.717) is 23.9 Å². The number of hydrogen-bond donors (Lipinski definition) is 1. The number of sulfonamides is 1. The zero-order valence-corrected chi connectivity index (χ0v) is 19.2. The Hall–Kier alpha value is -2.68. The number of nitrogens with zero attached hydrogens (tertiary/aromatic N) is 2. The van der Waals surface area contributed by atoms with Gasteiger partial charge in [-0.3, -0.25) is 4.79 Å². The van der Waals surface area contributed by atoms with E-state index in [4.69, 9.17) is 16.1 Å². The van der Waals surface area contributed by atoms with Crippen molar-refractivity contribution in [3.8, 4) is 11.3 Å². The Bertz CT molecular complexity index is 1210. The van der Waals surface area contributed by atoms with Gasteiger partial charge in [0.05, 0.1) is 4.90 Å². The first-order valence-corrected chi connectivity index (χ1v) is 12.3. The van der Waals surface area contributed by atoms with Crippen molar-refractivity contribution in [3.05, 3.63) is 70.9 Å². The van der Waals surface area contributed by atoms with Gasteiger partial charge in [-0.15, -0.1) is 0 Å².